The second kappa shape index (κ2) is 4.36. The second-order valence-electron chi connectivity index (χ2n) is 4.26. The van der Waals surface area contributed by atoms with Gasteiger partial charge in [0.2, 0.25) is 6.79 Å². The van der Waals surface area contributed by atoms with Gasteiger partial charge in [-0.1, -0.05) is 11.6 Å². The summed E-state index contributed by atoms with van der Waals surface area (Å²) in [5, 5.41) is 4.63. The molecule has 0 bridgehead atoms. The van der Waals surface area contributed by atoms with E-state index in [2.05, 4.69) is 26.0 Å². The van der Waals surface area contributed by atoms with Gasteiger partial charge in [0.25, 0.3) is 0 Å². The van der Waals surface area contributed by atoms with Crippen molar-refractivity contribution in [3.63, 3.8) is 0 Å². The molecule has 0 unspecified atom stereocenters. The van der Waals surface area contributed by atoms with Crippen molar-refractivity contribution >= 4 is 33.2 Å². The minimum Gasteiger partial charge on any atom is -0.454 e. The zero-order valence-corrected chi connectivity index (χ0v) is 12.3. The maximum absolute atomic E-state index is 6.23. The van der Waals surface area contributed by atoms with Gasteiger partial charge in [0, 0.05) is 11.6 Å². The van der Waals surface area contributed by atoms with Gasteiger partial charge in [-0.2, -0.15) is 5.10 Å². The van der Waals surface area contributed by atoms with E-state index < -0.39 is 0 Å². The number of ether oxygens (including phenoxy) is 2. The van der Waals surface area contributed by atoms with Crippen LogP contribution in [0.4, 0.5) is 0 Å². The highest BCUT2D eigenvalue weighted by molar-refractivity contribution is 9.10. The van der Waals surface area contributed by atoms with E-state index >= 15 is 0 Å². The molecule has 3 aromatic rings. The van der Waals surface area contributed by atoms with Crippen LogP contribution in [-0.2, 0) is 0 Å². The van der Waals surface area contributed by atoms with Crippen LogP contribution in [0.1, 0.15) is 0 Å². The van der Waals surface area contributed by atoms with Crippen LogP contribution >= 0.6 is 27.5 Å². The number of rotatable bonds is 1. The highest BCUT2D eigenvalue weighted by atomic mass is 79.9. The molecule has 100 valence electrons. The molecule has 0 N–H and O–H groups in total. The van der Waals surface area contributed by atoms with Crippen molar-refractivity contribution in [2.75, 3.05) is 6.79 Å². The predicted molar refractivity (Wildman–Crippen MR) is 77.3 cm³/mol. The molecule has 7 heteroatoms. The number of fused-ring (bicyclic) bond motifs is 2. The SMILES string of the molecule is Clc1cc(-c2ccc3c(c2)OCO3)nc2c(Br)cnn12. The Balaban J connectivity index is 1.91. The van der Waals surface area contributed by atoms with Crippen LogP contribution in [0.25, 0.3) is 16.9 Å². The minimum atomic E-state index is 0.250. The maximum atomic E-state index is 6.23. The lowest BCUT2D eigenvalue weighted by molar-refractivity contribution is 0.174. The third kappa shape index (κ3) is 1.76. The van der Waals surface area contributed by atoms with E-state index in [-0.39, 0.29) is 6.79 Å². The first-order valence-electron chi connectivity index (χ1n) is 5.82. The Morgan fingerprint density at radius 2 is 2.05 bits per heavy atom. The van der Waals surface area contributed by atoms with Gasteiger partial charge < -0.3 is 9.47 Å². The molecule has 2 aromatic heterocycles. The van der Waals surface area contributed by atoms with Crippen molar-refractivity contribution in [2.45, 2.75) is 0 Å². The summed E-state index contributed by atoms with van der Waals surface area (Å²) in [6, 6.07) is 7.45. The molecule has 0 spiro atoms. The van der Waals surface area contributed by atoms with Crippen LogP contribution < -0.4 is 9.47 Å². The molecular formula is C13H7BrClN3O2. The van der Waals surface area contributed by atoms with Crippen molar-refractivity contribution in [1.82, 2.24) is 14.6 Å². The molecular weight excluding hydrogens is 346 g/mol. The summed E-state index contributed by atoms with van der Waals surface area (Å²) >= 11 is 9.63. The molecule has 3 heterocycles. The van der Waals surface area contributed by atoms with Crippen LogP contribution in [0.2, 0.25) is 5.15 Å². The number of hydrogen-bond acceptors (Lipinski definition) is 4. The number of hydrogen-bond donors (Lipinski definition) is 0. The van der Waals surface area contributed by atoms with E-state index in [9.17, 15) is 0 Å². The lowest BCUT2D eigenvalue weighted by Crippen LogP contribution is -1.94. The van der Waals surface area contributed by atoms with E-state index in [1.807, 2.05) is 18.2 Å². The summed E-state index contributed by atoms with van der Waals surface area (Å²) in [7, 11) is 0. The Labute approximate surface area is 127 Å². The third-order valence-corrected chi connectivity index (χ3v) is 3.88. The lowest BCUT2D eigenvalue weighted by atomic mass is 10.1. The first-order chi connectivity index (χ1) is 9.72. The van der Waals surface area contributed by atoms with Crippen LogP contribution in [-0.4, -0.2) is 21.4 Å². The minimum absolute atomic E-state index is 0.250. The summed E-state index contributed by atoms with van der Waals surface area (Å²) in [5.41, 5.74) is 2.33. The normalized spacial score (nSPS) is 13.1. The van der Waals surface area contributed by atoms with Gasteiger partial charge in [-0.05, 0) is 34.1 Å². The van der Waals surface area contributed by atoms with E-state index in [1.165, 1.54) is 0 Å². The summed E-state index contributed by atoms with van der Waals surface area (Å²) < 4.78 is 13.0. The number of halogens is 2. The highest BCUT2D eigenvalue weighted by Gasteiger charge is 2.16. The molecule has 1 aromatic carbocycles. The van der Waals surface area contributed by atoms with Gasteiger partial charge in [0.05, 0.1) is 16.4 Å². The fourth-order valence-electron chi connectivity index (χ4n) is 2.10. The topological polar surface area (TPSA) is 48.7 Å². The van der Waals surface area contributed by atoms with Gasteiger partial charge in [-0.25, -0.2) is 9.50 Å². The summed E-state index contributed by atoms with van der Waals surface area (Å²) in [6.07, 6.45) is 1.66. The third-order valence-electron chi connectivity index (χ3n) is 3.05. The van der Waals surface area contributed by atoms with Gasteiger partial charge in [0.15, 0.2) is 17.1 Å². The van der Waals surface area contributed by atoms with Crippen LogP contribution in [0.3, 0.4) is 0 Å². The zero-order chi connectivity index (χ0) is 13.7. The van der Waals surface area contributed by atoms with Crippen molar-refractivity contribution in [2.24, 2.45) is 0 Å². The lowest BCUT2D eigenvalue weighted by Gasteiger charge is -2.05. The molecule has 1 aliphatic rings. The zero-order valence-electron chi connectivity index (χ0n) is 10.0. The Kier molecular flexibility index (Phi) is 2.61. The van der Waals surface area contributed by atoms with Gasteiger partial charge in [0.1, 0.15) is 5.15 Å². The van der Waals surface area contributed by atoms with E-state index in [4.69, 9.17) is 21.1 Å². The van der Waals surface area contributed by atoms with Crippen molar-refractivity contribution in [3.05, 3.63) is 40.1 Å². The Hall–Kier alpha value is -1.79. The first-order valence-corrected chi connectivity index (χ1v) is 6.99. The van der Waals surface area contributed by atoms with Crippen molar-refractivity contribution in [3.8, 4) is 22.8 Å². The molecule has 4 rings (SSSR count). The Morgan fingerprint density at radius 1 is 1.20 bits per heavy atom. The summed E-state index contributed by atoms with van der Waals surface area (Å²) in [6.45, 7) is 0.250. The molecule has 0 atom stereocenters. The Morgan fingerprint density at radius 3 is 2.95 bits per heavy atom. The number of benzene rings is 1. The van der Waals surface area contributed by atoms with Crippen LogP contribution in [0.5, 0.6) is 11.5 Å². The molecule has 20 heavy (non-hydrogen) atoms. The standard InChI is InChI=1S/C13H7BrClN3O2/c14-8-5-16-18-12(15)4-9(17-13(8)18)7-1-2-10-11(3-7)20-6-19-10/h1-5H,6H2. The average Bonchev–Trinajstić information content (AvgIpc) is 3.05. The van der Waals surface area contributed by atoms with E-state index in [0.29, 0.717) is 16.5 Å². The monoisotopic (exact) mass is 351 g/mol. The molecule has 0 aliphatic carbocycles. The fraction of sp³-hybridized carbons (Fsp3) is 0.0769. The quantitative estimate of drug-likeness (QED) is 0.629. The van der Waals surface area contributed by atoms with E-state index in [0.717, 1.165) is 21.5 Å². The van der Waals surface area contributed by atoms with Crippen molar-refractivity contribution < 1.29 is 9.47 Å². The fourth-order valence-corrected chi connectivity index (χ4v) is 2.68. The summed E-state index contributed by atoms with van der Waals surface area (Å²) in [5.74, 6) is 1.46. The van der Waals surface area contributed by atoms with Crippen LogP contribution in [0, 0.1) is 0 Å². The largest absolute Gasteiger partial charge is 0.454 e. The van der Waals surface area contributed by atoms with Gasteiger partial charge in [-0.3, -0.25) is 0 Å². The molecule has 0 radical (unpaired) electrons. The predicted octanol–water partition coefficient (Wildman–Crippen LogP) is 3.54. The smallest absolute Gasteiger partial charge is 0.231 e. The molecule has 0 amide bonds. The number of aromatic nitrogens is 3. The number of nitrogens with zero attached hydrogens (tertiary/aromatic N) is 3. The van der Waals surface area contributed by atoms with Crippen molar-refractivity contribution in [1.29, 1.82) is 0 Å². The average molecular weight is 353 g/mol. The van der Waals surface area contributed by atoms with E-state index in [1.54, 1.807) is 16.8 Å². The Bertz CT molecular complexity index is 834. The molecule has 5 nitrogen and oxygen atoms in total. The molecule has 0 saturated heterocycles. The van der Waals surface area contributed by atoms with Gasteiger partial charge in [-0.15, -0.1) is 0 Å². The maximum Gasteiger partial charge on any atom is 0.231 e. The highest BCUT2D eigenvalue weighted by Crippen LogP contribution is 2.36. The molecule has 1 aliphatic heterocycles. The summed E-state index contributed by atoms with van der Waals surface area (Å²) in [4.78, 5) is 4.56. The molecule has 0 saturated carbocycles. The second-order valence-corrected chi connectivity index (χ2v) is 5.50. The van der Waals surface area contributed by atoms with Crippen LogP contribution in [0.15, 0.2) is 34.9 Å². The first kappa shape index (κ1) is 12.0. The van der Waals surface area contributed by atoms with Gasteiger partial charge >= 0.3 is 0 Å². The molecule has 0 fully saturated rings.